The van der Waals surface area contributed by atoms with Gasteiger partial charge in [0.15, 0.2) is 0 Å². The minimum atomic E-state index is -3.95. The zero-order valence-electron chi connectivity index (χ0n) is 8.16. The normalized spacial score (nSPS) is 27.7. The average molecular weight is 267 g/mol. The lowest BCUT2D eigenvalue weighted by Crippen LogP contribution is -2.24. The van der Waals surface area contributed by atoms with Crippen LogP contribution in [0.1, 0.15) is 12.0 Å². The van der Waals surface area contributed by atoms with E-state index in [0.29, 0.717) is 5.56 Å². The summed E-state index contributed by atoms with van der Waals surface area (Å²) in [7, 11) is 1.13. The van der Waals surface area contributed by atoms with E-state index in [-0.39, 0.29) is 0 Å². The lowest BCUT2D eigenvalue weighted by atomic mass is 9.98. The number of alkyl halides is 2. The molecule has 1 atom stereocenters. The molecule has 0 heterocycles. The first kappa shape index (κ1) is 11.8. The molecule has 0 spiro atoms. The molecule has 2 nitrogen and oxygen atoms in total. The van der Waals surface area contributed by atoms with Crippen molar-refractivity contribution in [3.63, 3.8) is 0 Å². The van der Waals surface area contributed by atoms with Gasteiger partial charge in [-0.05, 0) is 5.56 Å². The van der Waals surface area contributed by atoms with Crippen molar-refractivity contribution in [2.75, 3.05) is 5.75 Å². The van der Waals surface area contributed by atoms with Gasteiger partial charge in [-0.15, -0.1) is 0 Å². The number of halogens is 3. The van der Waals surface area contributed by atoms with Crippen molar-refractivity contribution in [2.24, 2.45) is 0 Å². The molecule has 88 valence electrons. The summed E-state index contributed by atoms with van der Waals surface area (Å²) >= 11 is 0. The van der Waals surface area contributed by atoms with Crippen LogP contribution in [0, 0.1) is 0 Å². The van der Waals surface area contributed by atoms with Gasteiger partial charge in [0.25, 0.3) is 5.92 Å². The minimum absolute atomic E-state index is 0.323. The van der Waals surface area contributed by atoms with E-state index in [1.165, 1.54) is 12.1 Å². The second kappa shape index (κ2) is 3.40. The minimum Gasteiger partial charge on any atom is -0.212 e. The Balaban J connectivity index is 2.41. The van der Waals surface area contributed by atoms with Crippen molar-refractivity contribution in [3.8, 4) is 0 Å². The Morgan fingerprint density at radius 3 is 2.12 bits per heavy atom. The van der Waals surface area contributed by atoms with Gasteiger partial charge in [0, 0.05) is 17.1 Å². The maximum atomic E-state index is 13.3. The largest absolute Gasteiger partial charge is 0.260 e. The van der Waals surface area contributed by atoms with Gasteiger partial charge in [0.05, 0.1) is 11.2 Å². The van der Waals surface area contributed by atoms with Crippen LogP contribution in [0.4, 0.5) is 8.78 Å². The molecule has 1 fully saturated rings. The fourth-order valence-corrected chi connectivity index (χ4v) is 3.57. The molecular formula is C10H9ClF2O2S. The van der Waals surface area contributed by atoms with Crippen LogP contribution in [0.25, 0.3) is 0 Å². The number of hydrogen-bond acceptors (Lipinski definition) is 2. The van der Waals surface area contributed by atoms with Crippen molar-refractivity contribution < 1.29 is 17.2 Å². The molecule has 1 aliphatic carbocycles. The van der Waals surface area contributed by atoms with Crippen LogP contribution in [0.5, 0.6) is 0 Å². The van der Waals surface area contributed by atoms with E-state index in [2.05, 4.69) is 0 Å². The number of benzene rings is 1. The van der Waals surface area contributed by atoms with E-state index in [1.54, 1.807) is 18.2 Å². The molecule has 6 heteroatoms. The third-order valence-corrected chi connectivity index (χ3v) is 4.01. The molecule has 2 rings (SSSR count). The van der Waals surface area contributed by atoms with Crippen LogP contribution in [0.15, 0.2) is 30.3 Å². The topological polar surface area (TPSA) is 34.1 Å². The first-order chi connectivity index (χ1) is 7.27. The van der Waals surface area contributed by atoms with Gasteiger partial charge in [-0.1, -0.05) is 30.3 Å². The first-order valence-corrected chi connectivity index (χ1v) is 7.10. The lowest BCUT2D eigenvalue weighted by molar-refractivity contribution is 0.0927. The van der Waals surface area contributed by atoms with Crippen molar-refractivity contribution in [3.05, 3.63) is 35.9 Å². The fraction of sp³-hybridized carbons (Fsp3) is 0.400. The van der Waals surface area contributed by atoms with Crippen LogP contribution < -0.4 is 0 Å². The molecule has 0 aromatic heterocycles. The molecule has 1 unspecified atom stereocenters. The van der Waals surface area contributed by atoms with Gasteiger partial charge in [0.1, 0.15) is 0 Å². The third-order valence-electron chi connectivity index (χ3n) is 2.84. The predicted octanol–water partition coefficient (Wildman–Crippen LogP) is 2.53. The molecule has 0 bridgehead atoms. The van der Waals surface area contributed by atoms with Crippen molar-refractivity contribution in [2.45, 2.75) is 17.8 Å². The van der Waals surface area contributed by atoms with Crippen LogP contribution in [0.3, 0.4) is 0 Å². The molecule has 0 radical (unpaired) electrons. The number of hydrogen-bond donors (Lipinski definition) is 0. The van der Waals surface area contributed by atoms with Gasteiger partial charge in [-0.25, -0.2) is 17.2 Å². The van der Waals surface area contributed by atoms with Crippen LogP contribution in [0.2, 0.25) is 0 Å². The summed E-state index contributed by atoms with van der Waals surface area (Å²) < 4.78 is 48.6. The standard InChI is InChI=1S/C10H9ClF2O2S/c11-16(14,15)7-9(6-10(9,12)13)8-4-2-1-3-5-8/h1-5H,6-7H2. The third kappa shape index (κ3) is 1.94. The summed E-state index contributed by atoms with van der Waals surface area (Å²) in [5.74, 6) is -3.71. The smallest absolute Gasteiger partial charge is 0.212 e. The highest BCUT2D eigenvalue weighted by atomic mass is 35.7. The Labute approximate surface area is 96.6 Å². The summed E-state index contributed by atoms with van der Waals surface area (Å²) in [6.07, 6.45) is -0.462. The molecule has 0 aliphatic heterocycles. The lowest BCUT2D eigenvalue weighted by Gasteiger charge is -2.14. The summed E-state index contributed by atoms with van der Waals surface area (Å²) in [5.41, 5.74) is -1.31. The zero-order valence-corrected chi connectivity index (χ0v) is 9.73. The maximum Gasteiger partial charge on any atom is 0.260 e. The van der Waals surface area contributed by atoms with Crippen LogP contribution in [-0.2, 0) is 14.5 Å². The highest BCUT2D eigenvalue weighted by molar-refractivity contribution is 8.13. The Morgan fingerprint density at radius 2 is 1.75 bits per heavy atom. The molecule has 0 saturated heterocycles. The summed E-state index contributed by atoms with van der Waals surface area (Å²) in [6, 6.07) is 7.90. The van der Waals surface area contributed by atoms with E-state index in [9.17, 15) is 17.2 Å². The molecule has 0 N–H and O–H groups in total. The van der Waals surface area contributed by atoms with Gasteiger partial charge in [0.2, 0.25) is 9.05 Å². The highest BCUT2D eigenvalue weighted by Gasteiger charge is 2.73. The van der Waals surface area contributed by atoms with E-state index in [0.717, 1.165) is 0 Å². The quantitative estimate of drug-likeness (QED) is 0.788. The van der Waals surface area contributed by atoms with Crippen LogP contribution in [-0.4, -0.2) is 20.1 Å². The van der Waals surface area contributed by atoms with Crippen molar-refractivity contribution >= 4 is 19.7 Å². The molecule has 16 heavy (non-hydrogen) atoms. The van der Waals surface area contributed by atoms with E-state index in [1.807, 2.05) is 0 Å². The molecular weight excluding hydrogens is 258 g/mol. The van der Waals surface area contributed by atoms with Gasteiger partial charge >= 0.3 is 0 Å². The Bertz CT molecular complexity index is 501. The second-order valence-electron chi connectivity index (χ2n) is 4.01. The molecule has 1 saturated carbocycles. The monoisotopic (exact) mass is 266 g/mol. The summed E-state index contributed by atoms with van der Waals surface area (Å²) in [5, 5.41) is 0. The van der Waals surface area contributed by atoms with Crippen molar-refractivity contribution in [1.82, 2.24) is 0 Å². The fourth-order valence-electron chi connectivity index (χ4n) is 1.94. The summed E-state index contributed by atoms with van der Waals surface area (Å²) in [6.45, 7) is 0. The Kier molecular flexibility index (Phi) is 2.51. The van der Waals surface area contributed by atoms with Gasteiger partial charge < -0.3 is 0 Å². The second-order valence-corrected chi connectivity index (χ2v) is 6.79. The van der Waals surface area contributed by atoms with E-state index >= 15 is 0 Å². The van der Waals surface area contributed by atoms with Gasteiger partial charge in [-0.3, -0.25) is 0 Å². The molecule has 1 aromatic carbocycles. The SMILES string of the molecule is O=S(=O)(Cl)CC1(c2ccccc2)CC1(F)F. The molecule has 1 aliphatic rings. The molecule has 0 amide bonds. The van der Waals surface area contributed by atoms with Crippen molar-refractivity contribution in [1.29, 1.82) is 0 Å². The van der Waals surface area contributed by atoms with E-state index in [4.69, 9.17) is 10.7 Å². The number of rotatable bonds is 3. The highest BCUT2D eigenvalue weighted by Crippen LogP contribution is 2.62. The van der Waals surface area contributed by atoms with Crippen LogP contribution >= 0.6 is 10.7 Å². The Hall–Kier alpha value is -0.680. The van der Waals surface area contributed by atoms with Gasteiger partial charge in [-0.2, -0.15) is 0 Å². The maximum absolute atomic E-state index is 13.3. The Morgan fingerprint density at radius 1 is 1.25 bits per heavy atom. The summed E-state index contributed by atoms with van der Waals surface area (Å²) in [4.78, 5) is 0. The average Bonchev–Trinajstić information content (AvgIpc) is 2.68. The zero-order chi connectivity index (χ0) is 12.0. The predicted molar refractivity (Wildman–Crippen MR) is 57.3 cm³/mol. The van der Waals surface area contributed by atoms with E-state index < -0.39 is 32.6 Å². The molecule has 1 aromatic rings. The first-order valence-electron chi connectivity index (χ1n) is 4.63.